The van der Waals surface area contributed by atoms with E-state index < -0.39 is 10.0 Å². The predicted octanol–water partition coefficient (Wildman–Crippen LogP) is 1.51. The molecular formula is C13H20ClNO4S. The van der Waals surface area contributed by atoms with Crippen LogP contribution in [0.25, 0.3) is 0 Å². The first-order valence-corrected chi connectivity index (χ1v) is 8.32. The molecule has 0 saturated heterocycles. The summed E-state index contributed by atoms with van der Waals surface area (Å²) in [6.45, 7) is 0.516. The van der Waals surface area contributed by atoms with Gasteiger partial charge in [-0.05, 0) is 11.1 Å². The Bertz CT molecular complexity index is 507. The number of halogens is 1. The van der Waals surface area contributed by atoms with Crippen LogP contribution < -0.4 is 4.72 Å². The predicted molar refractivity (Wildman–Crippen MR) is 79.3 cm³/mol. The van der Waals surface area contributed by atoms with E-state index in [1.54, 1.807) is 18.2 Å². The van der Waals surface area contributed by atoms with E-state index in [0.717, 1.165) is 5.56 Å². The molecule has 1 rings (SSSR count). The molecule has 1 aromatic carbocycles. The zero-order valence-corrected chi connectivity index (χ0v) is 13.2. The van der Waals surface area contributed by atoms with Gasteiger partial charge in [0.2, 0.25) is 10.0 Å². The van der Waals surface area contributed by atoms with Gasteiger partial charge in [0.15, 0.2) is 0 Å². The van der Waals surface area contributed by atoms with Crippen LogP contribution in [0.1, 0.15) is 11.1 Å². The Morgan fingerprint density at radius 2 is 2.00 bits per heavy atom. The molecule has 1 atom stereocenters. The van der Waals surface area contributed by atoms with Gasteiger partial charge >= 0.3 is 0 Å². The van der Waals surface area contributed by atoms with Gasteiger partial charge in [0.05, 0.1) is 18.5 Å². The minimum Gasteiger partial charge on any atom is -0.382 e. The Morgan fingerprint density at radius 3 is 2.60 bits per heavy atom. The van der Waals surface area contributed by atoms with E-state index in [4.69, 9.17) is 21.1 Å². The summed E-state index contributed by atoms with van der Waals surface area (Å²) in [6.07, 6.45) is -0.302. The molecular weight excluding hydrogens is 302 g/mol. The first-order valence-electron chi connectivity index (χ1n) is 6.13. The van der Waals surface area contributed by atoms with E-state index in [-0.39, 0.29) is 18.4 Å². The lowest BCUT2D eigenvalue weighted by molar-refractivity contribution is 0.0320. The lowest BCUT2D eigenvalue weighted by atomic mass is 10.2. The molecule has 1 aromatic rings. The zero-order chi connectivity index (χ0) is 15.0. The van der Waals surface area contributed by atoms with Gasteiger partial charge in [-0.25, -0.2) is 13.1 Å². The van der Waals surface area contributed by atoms with Crippen molar-refractivity contribution in [2.45, 2.75) is 17.7 Å². The van der Waals surface area contributed by atoms with Crippen molar-refractivity contribution in [1.29, 1.82) is 0 Å². The molecule has 7 heteroatoms. The number of alkyl halides is 1. The molecule has 0 aliphatic carbocycles. The number of ether oxygens (including phenoxy) is 2. The van der Waals surface area contributed by atoms with E-state index in [2.05, 4.69) is 4.72 Å². The minimum absolute atomic E-state index is 0.0822. The van der Waals surface area contributed by atoms with Gasteiger partial charge in [0.1, 0.15) is 0 Å². The van der Waals surface area contributed by atoms with E-state index in [1.807, 2.05) is 6.07 Å². The number of sulfonamides is 1. The normalized spacial score (nSPS) is 13.3. The van der Waals surface area contributed by atoms with Crippen LogP contribution in [0.5, 0.6) is 0 Å². The molecule has 0 aromatic heterocycles. The second-order valence-corrected chi connectivity index (χ2v) is 6.45. The van der Waals surface area contributed by atoms with E-state index >= 15 is 0 Å². The van der Waals surface area contributed by atoms with Gasteiger partial charge in [-0.3, -0.25) is 0 Å². The van der Waals surface area contributed by atoms with Gasteiger partial charge in [-0.15, -0.1) is 11.6 Å². The summed E-state index contributed by atoms with van der Waals surface area (Å²) in [5, 5.41) is 0. The third-order valence-electron chi connectivity index (χ3n) is 2.72. The molecule has 0 amide bonds. The average molecular weight is 322 g/mol. The van der Waals surface area contributed by atoms with Crippen molar-refractivity contribution < 1.29 is 17.9 Å². The van der Waals surface area contributed by atoms with Gasteiger partial charge in [-0.2, -0.15) is 0 Å². The van der Waals surface area contributed by atoms with Crippen LogP contribution in [-0.2, 0) is 31.1 Å². The first kappa shape index (κ1) is 17.4. The monoisotopic (exact) mass is 321 g/mol. The molecule has 20 heavy (non-hydrogen) atoms. The highest BCUT2D eigenvalue weighted by Gasteiger charge is 2.15. The fraction of sp³-hybridized carbons (Fsp3) is 0.538. The Morgan fingerprint density at radius 1 is 1.30 bits per heavy atom. The van der Waals surface area contributed by atoms with Crippen molar-refractivity contribution >= 4 is 21.6 Å². The van der Waals surface area contributed by atoms with Crippen molar-refractivity contribution in [2.75, 3.05) is 27.4 Å². The Hall–Kier alpha value is -0.660. The number of hydrogen-bond donors (Lipinski definition) is 1. The molecule has 0 saturated carbocycles. The smallest absolute Gasteiger partial charge is 0.215 e. The molecule has 1 unspecified atom stereocenters. The third-order valence-corrected chi connectivity index (χ3v) is 4.35. The Labute approximate surface area is 125 Å². The van der Waals surface area contributed by atoms with E-state index in [1.165, 1.54) is 14.2 Å². The highest BCUT2D eigenvalue weighted by Crippen LogP contribution is 2.10. The Kier molecular flexibility index (Phi) is 7.47. The molecule has 1 N–H and O–H groups in total. The van der Waals surface area contributed by atoms with Crippen LogP contribution in [-0.4, -0.2) is 41.9 Å². The fourth-order valence-corrected chi connectivity index (χ4v) is 3.02. The molecule has 0 bridgehead atoms. The number of hydrogen-bond acceptors (Lipinski definition) is 4. The summed E-state index contributed by atoms with van der Waals surface area (Å²) in [6, 6.07) is 7.20. The number of rotatable bonds is 9. The SMILES string of the molecule is COCC(CNS(=O)(=O)Cc1cccc(CCl)c1)OC. The quantitative estimate of drug-likeness (QED) is 0.700. The van der Waals surface area contributed by atoms with Crippen molar-refractivity contribution in [3.8, 4) is 0 Å². The fourth-order valence-electron chi connectivity index (χ4n) is 1.69. The van der Waals surface area contributed by atoms with Crippen LogP contribution in [0.15, 0.2) is 24.3 Å². The molecule has 5 nitrogen and oxygen atoms in total. The zero-order valence-electron chi connectivity index (χ0n) is 11.6. The topological polar surface area (TPSA) is 64.6 Å². The lowest BCUT2D eigenvalue weighted by Crippen LogP contribution is -2.36. The summed E-state index contributed by atoms with van der Waals surface area (Å²) >= 11 is 5.73. The maximum absolute atomic E-state index is 12.0. The maximum Gasteiger partial charge on any atom is 0.215 e. The van der Waals surface area contributed by atoms with Crippen LogP contribution in [0, 0.1) is 0 Å². The lowest BCUT2D eigenvalue weighted by Gasteiger charge is -2.15. The van der Waals surface area contributed by atoms with Crippen molar-refractivity contribution in [1.82, 2.24) is 4.72 Å². The number of benzene rings is 1. The molecule has 0 spiro atoms. The summed E-state index contributed by atoms with van der Waals surface area (Å²) in [7, 11) is -0.356. The molecule has 114 valence electrons. The second-order valence-electron chi connectivity index (χ2n) is 4.37. The van der Waals surface area contributed by atoms with E-state index in [0.29, 0.717) is 18.1 Å². The van der Waals surface area contributed by atoms with Crippen LogP contribution in [0.3, 0.4) is 0 Å². The van der Waals surface area contributed by atoms with Crippen LogP contribution >= 0.6 is 11.6 Å². The van der Waals surface area contributed by atoms with E-state index in [9.17, 15) is 8.42 Å². The second kappa shape index (κ2) is 8.59. The largest absolute Gasteiger partial charge is 0.382 e. The number of methoxy groups -OCH3 is 2. The highest BCUT2D eigenvalue weighted by molar-refractivity contribution is 7.88. The minimum atomic E-state index is -3.41. The van der Waals surface area contributed by atoms with Crippen LogP contribution in [0.4, 0.5) is 0 Å². The summed E-state index contributed by atoms with van der Waals surface area (Å²) in [4.78, 5) is 0. The van der Waals surface area contributed by atoms with Gasteiger partial charge < -0.3 is 9.47 Å². The molecule has 0 fully saturated rings. The summed E-state index contributed by atoms with van der Waals surface area (Å²) in [5.74, 6) is 0.280. The van der Waals surface area contributed by atoms with Gasteiger partial charge in [-0.1, -0.05) is 24.3 Å². The van der Waals surface area contributed by atoms with Gasteiger partial charge in [0, 0.05) is 26.6 Å². The van der Waals surface area contributed by atoms with Gasteiger partial charge in [0.25, 0.3) is 0 Å². The summed E-state index contributed by atoms with van der Waals surface area (Å²) in [5.41, 5.74) is 1.60. The molecule has 0 radical (unpaired) electrons. The molecule has 0 heterocycles. The van der Waals surface area contributed by atoms with Crippen molar-refractivity contribution in [3.05, 3.63) is 35.4 Å². The summed E-state index contributed by atoms with van der Waals surface area (Å²) < 4.78 is 36.5. The molecule has 0 aliphatic heterocycles. The highest BCUT2D eigenvalue weighted by atomic mass is 35.5. The van der Waals surface area contributed by atoms with Crippen molar-refractivity contribution in [3.63, 3.8) is 0 Å². The third kappa shape index (κ3) is 6.19. The van der Waals surface area contributed by atoms with Crippen LogP contribution in [0.2, 0.25) is 0 Å². The average Bonchev–Trinajstić information content (AvgIpc) is 2.43. The first-order chi connectivity index (χ1) is 9.50. The standard InChI is InChI=1S/C13H20ClNO4S/c1-18-9-13(19-2)8-15-20(16,17)10-12-5-3-4-11(6-12)7-14/h3-6,13,15H,7-10H2,1-2H3. The Balaban J connectivity index is 2.60. The van der Waals surface area contributed by atoms with Crippen molar-refractivity contribution in [2.24, 2.45) is 0 Å². The molecule has 0 aliphatic rings. The number of nitrogens with one attached hydrogen (secondary N) is 1. The maximum atomic E-state index is 12.0.